The predicted molar refractivity (Wildman–Crippen MR) is 123 cm³/mol. The summed E-state index contributed by atoms with van der Waals surface area (Å²) in [6, 6.07) is -0.247. The van der Waals surface area contributed by atoms with Gasteiger partial charge < -0.3 is 15.5 Å². The van der Waals surface area contributed by atoms with E-state index in [4.69, 9.17) is 0 Å². The van der Waals surface area contributed by atoms with Gasteiger partial charge >= 0.3 is 0 Å². The van der Waals surface area contributed by atoms with E-state index >= 15 is 0 Å². The molecule has 1 rings (SSSR count). The third-order valence-electron chi connectivity index (χ3n) is 4.30. The smallest absolute Gasteiger partial charge is 0.222 e. The van der Waals surface area contributed by atoms with E-state index < -0.39 is 9.84 Å². The zero-order valence-electron chi connectivity index (χ0n) is 16.6. The van der Waals surface area contributed by atoms with E-state index in [0.29, 0.717) is 13.0 Å². The number of unbranched alkanes of at least 4 members (excludes halogenated alkanes) is 3. The van der Waals surface area contributed by atoms with Gasteiger partial charge in [0.05, 0.1) is 18.1 Å². The summed E-state index contributed by atoms with van der Waals surface area (Å²) in [5.74, 6) is 0.878. The van der Waals surface area contributed by atoms with Crippen LogP contribution in [-0.4, -0.2) is 69.4 Å². The molecule has 0 aromatic carbocycles. The van der Waals surface area contributed by atoms with Crippen LogP contribution in [0, 0.1) is 0 Å². The Bertz CT molecular complexity index is 581. The van der Waals surface area contributed by atoms with E-state index in [0.717, 1.165) is 44.7 Å². The molecule has 2 N–H and O–H groups in total. The van der Waals surface area contributed by atoms with E-state index in [9.17, 15) is 13.2 Å². The molecule has 0 spiro atoms. The standard InChI is InChI=1S/C18H34N4O3S.HI/c1-4-6-7-8-9-13-22(3)18(19-5-2)20-12-10-17(23)21-16-11-14-26(24,25)15-16;/h4,16H,1,5-15H2,2-3H3,(H,19,20)(H,21,23);1H. The molecule has 0 aromatic heterocycles. The summed E-state index contributed by atoms with van der Waals surface area (Å²) < 4.78 is 22.9. The van der Waals surface area contributed by atoms with Gasteiger partial charge in [0.2, 0.25) is 5.91 Å². The van der Waals surface area contributed by atoms with Gasteiger partial charge in [0.15, 0.2) is 15.8 Å². The van der Waals surface area contributed by atoms with Gasteiger partial charge in [0.25, 0.3) is 0 Å². The molecular weight excluding hydrogens is 479 g/mol. The summed E-state index contributed by atoms with van der Waals surface area (Å²) >= 11 is 0. The highest BCUT2D eigenvalue weighted by atomic mass is 127. The van der Waals surface area contributed by atoms with Crippen molar-refractivity contribution in [1.82, 2.24) is 15.5 Å². The molecule has 158 valence electrons. The fraction of sp³-hybridized carbons (Fsp3) is 0.778. The molecule has 7 nitrogen and oxygen atoms in total. The summed E-state index contributed by atoms with van der Waals surface area (Å²) in [5.41, 5.74) is 0. The number of hydrogen-bond donors (Lipinski definition) is 2. The Morgan fingerprint density at radius 3 is 2.67 bits per heavy atom. The number of nitrogens with one attached hydrogen (secondary N) is 2. The molecule has 1 amide bonds. The van der Waals surface area contributed by atoms with E-state index in [2.05, 4.69) is 27.1 Å². The van der Waals surface area contributed by atoms with Crippen LogP contribution in [0.2, 0.25) is 0 Å². The molecule has 0 aliphatic carbocycles. The van der Waals surface area contributed by atoms with Crippen LogP contribution in [0.3, 0.4) is 0 Å². The third-order valence-corrected chi connectivity index (χ3v) is 6.06. The Kier molecular flexibility index (Phi) is 13.8. The molecule has 9 heteroatoms. The van der Waals surface area contributed by atoms with Gasteiger partial charge in [0.1, 0.15) is 0 Å². The van der Waals surface area contributed by atoms with Crippen molar-refractivity contribution in [1.29, 1.82) is 0 Å². The molecule has 0 bridgehead atoms. The van der Waals surface area contributed by atoms with Crippen LogP contribution in [0.15, 0.2) is 17.6 Å². The highest BCUT2D eigenvalue weighted by Gasteiger charge is 2.28. The SMILES string of the molecule is C=CCCCCCN(C)C(=NCCC(=O)NC1CCS(=O)(=O)C1)NCC.I. The van der Waals surface area contributed by atoms with E-state index in [1.54, 1.807) is 0 Å². The molecule has 1 heterocycles. The lowest BCUT2D eigenvalue weighted by Crippen LogP contribution is -2.40. The van der Waals surface area contributed by atoms with Crippen LogP contribution < -0.4 is 10.6 Å². The van der Waals surface area contributed by atoms with Crippen LogP contribution in [0.5, 0.6) is 0 Å². The second-order valence-corrected chi connectivity index (χ2v) is 8.94. The third kappa shape index (κ3) is 11.6. The molecule has 1 unspecified atom stereocenters. The molecule has 1 saturated heterocycles. The number of carbonyl (C=O) groups is 1. The largest absolute Gasteiger partial charge is 0.357 e. The fourth-order valence-electron chi connectivity index (χ4n) is 2.86. The van der Waals surface area contributed by atoms with Gasteiger partial charge in [-0.25, -0.2) is 8.42 Å². The number of nitrogens with zero attached hydrogens (tertiary/aromatic N) is 2. The van der Waals surface area contributed by atoms with Gasteiger partial charge in [-0.3, -0.25) is 9.79 Å². The van der Waals surface area contributed by atoms with Crippen LogP contribution in [0.25, 0.3) is 0 Å². The van der Waals surface area contributed by atoms with E-state index in [1.807, 2.05) is 20.0 Å². The van der Waals surface area contributed by atoms with Gasteiger partial charge in [-0.05, 0) is 32.6 Å². The van der Waals surface area contributed by atoms with E-state index in [1.165, 1.54) is 0 Å². The highest BCUT2D eigenvalue weighted by Crippen LogP contribution is 2.11. The van der Waals surface area contributed by atoms with Crippen LogP contribution >= 0.6 is 24.0 Å². The minimum atomic E-state index is -2.97. The molecular formula is C18H35IN4O3S. The van der Waals surface area contributed by atoms with Crippen LogP contribution in [0.1, 0.15) is 45.4 Å². The Morgan fingerprint density at radius 1 is 1.33 bits per heavy atom. The molecule has 0 saturated carbocycles. The number of hydrogen-bond acceptors (Lipinski definition) is 4. The first-order chi connectivity index (χ1) is 12.4. The maximum atomic E-state index is 12.0. The van der Waals surface area contributed by atoms with Crippen molar-refractivity contribution in [2.24, 2.45) is 4.99 Å². The van der Waals surface area contributed by atoms with Gasteiger partial charge in [0, 0.05) is 32.6 Å². The van der Waals surface area contributed by atoms with Crippen molar-refractivity contribution < 1.29 is 13.2 Å². The number of halogens is 1. The molecule has 1 aliphatic heterocycles. The van der Waals surface area contributed by atoms with Crippen molar-refractivity contribution >= 4 is 45.7 Å². The zero-order chi connectivity index (χ0) is 19.4. The average molecular weight is 514 g/mol. The van der Waals surface area contributed by atoms with Crippen molar-refractivity contribution in [3.05, 3.63) is 12.7 Å². The molecule has 1 aliphatic rings. The Labute approximate surface area is 181 Å². The number of allylic oxidation sites excluding steroid dienone is 1. The number of aliphatic imine (C=N–C) groups is 1. The number of sulfone groups is 1. The van der Waals surface area contributed by atoms with Crippen molar-refractivity contribution in [2.75, 3.05) is 38.2 Å². The zero-order valence-corrected chi connectivity index (χ0v) is 19.7. The van der Waals surface area contributed by atoms with E-state index in [-0.39, 0.29) is 53.9 Å². The predicted octanol–water partition coefficient (Wildman–Crippen LogP) is 1.94. The second-order valence-electron chi connectivity index (χ2n) is 6.71. The monoisotopic (exact) mass is 514 g/mol. The number of carbonyl (C=O) groups excluding carboxylic acids is 1. The summed E-state index contributed by atoms with van der Waals surface area (Å²) in [5, 5.41) is 6.03. The molecule has 1 fully saturated rings. The normalized spacial score (nSPS) is 18.4. The summed E-state index contributed by atoms with van der Waals surface area (Å²) in [4.78, 5) is 18.6. The minimum Gasteiger partial charge on any atom is -0.357 e. The maximum absolute atomic E-state index is 12.0. The number of rotatable bonds is 11. The van der Waals surface area contributed by atoms with Gasteiger partial charge in [-0.1, -0.05) is 12.5 Å². The Morgan fingerprint density at radius 2 is 2.07 bits per heavy atom. The Hall–Kier alpha value is -0.840. The summed E-state index contributed by atoms with van der Waals surface area (Å²) in [6.07, 6.45) is 7.17. The minimum absolute atomic E-state index is 0. The summed E-state index contributed by atoms with van der Waals surface area (Å²) in [7, 11) is -0.974. The molecule has 27 heavy (non-hydrogen) atoms. The van der Waals surface area contributed by atoms with Crippen LogP contribution in [-0.2, 0) is 14.6 Å². The summed E-state index contributed by atoms with van der Waals surface area (Å²) in [6.45, 7) is 7.81. The molecule has 0 aromatic rings. The van der Waals surface area contributed by atoms with Gasteiger partial charge in [-0.15, -0.1) is 30.6 Å². The van der Waals surface area contributed by atoms with Gasteiger partial charge in [-0.2, -0.15) is 0 Å². The number of guanidine groups is 1. The fourth-order valence-corrected chi connectivity index (χ4v) is 4.54. The van der Waals surface area contributed by atoms with Crippen LogP contribution in [0.4, 0.5) is 0 Å². The van der Waals surface area contributed by atoms with Crippen molar-refractivity contribution in [3.8, 4) is 0 Å². The first-order valence-corrected chi connectivity index (χ1v) is 11.3. The number of amides is 1. The quantitative estimate of drug-likeness (QED) is 0.145. The lowest BCUT2D eigenvalue weighted by atomic mass is 10.2. The topological polar surface area (TPSA) is 90.9 Å². The van der Waals surface area contributed by atoms with Crippen molar-refractivity contribution in [2.45, 2.75) is 51.5 Å². The first kappa shape index (κ1) is 26.2. The second kappa shape index (κ2) is 14.2. The first-order valence-electron chi connectivity index (χ1n) is 9.48. The Balaban J connectivity index is 0.00000676. The highest BCUT2D eigenvalue weighted by molar-refractivity contribution is 14.0. The van der Waals surface area contributed by atoms with Crippen molar-refractivity contribution in [3.63, 3.8) is 0 Å². The lowest BCUT2D eigenvalue weighted by Gasteiger charge is -2.22. The molecule has 0 radical (unpaired) electrons. The molecule has 1 atom stereocenters. The maximum Gasteiger partial charge on any atom is 0.222 e. The lowest BCUT2D eigenvalue weighted by molar-refractivity contribution is -0.121. The average Bonchev–Trinajstić information content (AvgIpc) is 2.92.